The van der Waals surface area contributed by atoms with E-state index in [-0.39, 0.29) is 16.9 Å². The van der Waals surface area contributed by atoms with Crippen molar-refractivity contribution in [2.24, 2.45) is 5.10 Å². The predicted octanol–water partition coefficient (Wildman–Crippen LogP) is 3.66. The molecule has 0 saturated heterocycles. The summed E-state index contributed by atoms with van der Waals surface area (Å²) < 4.78 is 0.812. The summed E-state index contributed by atoms with van der Waals surface area (Å²) in [6.45, 7) is 1.78. The van der Waals surface area contributed by atoms with Gasteiger partial charge in [-0.15, -0.1) is 0 Å². The van der Waals surface area contributed by atoms with E-state index in [1.54, 1.807) is 25.1 Å². The van der Waals surface area contributed by atoms with E-state index in [4.69, 9.17) is 0 Å². The van der Waals surface area contributed by atoms with Crippen molar-refractivity contribution in [1.29, 1.82) is 0 Å². The number of fused-ring (bicyclic) bond motifs is 1. The predicted molar refractivity (Wildman–Crippen MR) is 103 cm³/mol. The smallest absolute Gasteiger partial charge is 0.253 e. The minimum Gasteiger partial charge on any atom is -0.507 e. The number of benzene rings is 2. The molecular formula is C17H15BrN4O2S. The third kappa shape index (κ3) is 4.40. The van der Waals surface area contributed by atoms with Gasteiger partial charge in [-0.05, 0) is 37.3 Å². The lowest BCUT2D eigenvalue weighted by Gasteiger charge is -2.07. The molecule has 3 aromatic rings. The third-order valence-corrected chi connectivity index (χ3v) is 4.87. The van der Waals surface area contributed by atoms with Crippen LogP contribution in [-0.4, -0.2) is 32.4 Å². The van der Waals surface area contributed by atoms with E-state index >= 15 is 0 Å². The van der Waals surface area contributed by atoms with Gasteiger partial charge in [-0.1, -0.05) is 39.8 Å². The Morgan fingerprint density at radius 2 is 2.20 bits per heavy atom. The van der Waals surface area contributed by atoms with Crippen molar-refractivity contribution in [1.82, 2.24) is 15.4 Å². The highest BCUT2D eigenvalue weighted by atomic mass is 79.9. The number of carbonyl (C=O) groups excluding carboxylic acids is 1. The van der Waals surface area contributed by atoms with E-state index in [2.05, 4.69) is 36.4 Å². The molecule has 0 radical (unpaired) electrons. The normalized spacial score (nSPS) is 12.6. The number of para-hydroxylation sites is 2. The molecule has 0 aliphatic carbocycles. The van der Waals surface area contributed by atoms with E-state index in [0.717, 1.165) is 15.5 Å². The molecule has 0 unspecified atom stereocenters. The second-order valence-corrected chi connectivity index (χ2v) is 7.50. The molecule has 1 heterocycles. The Morgan fingerprint density at radius 1 is 1.40 bits per heavy atom. The van der Waals surface area contributed by atoms with Crippen LogP contribution in [0.15, 0.2) is 57.2 Å². The zero-order valence-corrected chi connectivity index (χ0v) is 15.6. The summed E-state index contributed by atoms with van der Waals surface area (Å²) in [5, 5.41) is 13.9. The summed E-state index contributed by atoms with van der Waals surface area (Å²) >= 11 is 4.64. The van der Waals surface area contributed by atoms with Gasteiger partial charge in [-0.25, -0.2) is 10.4 Å². The van der Waals surface area contributed by atoms with Crippen LogP contribution in [0.1, 0.15) is 12.5 Å². The lowest BCUT2D eigenvalue weighted by molar-refractivity contribution is -0.120. The number of carbonyl (C=O) groups is 1. The number of imidazole rings is 1. The molecule has 0 bridgehead atoms. The van der Waals surface area contributed by atoms with E-state index in [9.17, 15) is 9.90 Å². The fourth-order valence-corrected chi connectivity index (χ4v) is 3.28. The van der Waals surface area contributed by atoms with Crippen molar-refractivity contribution >= 4 is 50.8 Å². The van der Waals surface area contributed by atoms with E-state index < -0.39 is 0 Å². The molecule has 2 aromatic carbocycles. The molecule has 1 atom stereocenters. The number of aromatic hydroxyl groups is 1. The fraction of sp³-hybridized carbons (Fsp3) is 0.118. The molecule has 3 N–H and O–H groups in total. The number of phenolic OH excluding ortho intramolecular Hbond substituents is 1. The van der Waals surface area contributed by atoms with Crippen LogP contribution in [0.4, 0.5) is 0 Å². The van der Waals surface area contributed by atoms with Crippen molar-refractivity contribution in [2.45, 2.75) is 17.3 Å². The van der Waals surface area contributed by atoms with E-state index in [1.807, 2.05) is 24.3 Å². The molecule has 25 heavy (non-hydrogen) atoms. The minimum absolute atomic E-state index is 0.0888. The number of H-pyrrole nitrogens is 1. The average Bonchev–Trinajstić information content (AvgIpc) is 3.00. The second-order valence-electron chi connectivity index (χ2n) is 5.26. The first-order valence-corrected chi connectivity index (χ1v) is 9.13. The molecule has 3 rings (SSSR count). The largest absolute Gasteiger partial charge is 0.507 e. The van der Waals surface area contributed by atoms with Crippen LogP contribution in [-0.2, 0) is 4.79 Å². The lowest BCUT2D eigenvalue weighted by Crippen LogP contribution is -2.26. The number of hydrogen-bond donors (Lipinski definition) is 3. The molecule has 8 heteroatoms. The van der Waals surface area contributed by atoms with Gasteiger partial charge in [0.25, 0.3) is 5.91 Å². The quantitative estimate of drug-likeness (QED) is 0.335. The molecule has 1 aromatic heterocycles. The van der Waals surface area contributed by atoms with Crippen molar-refractivity contribution in [3.8, 4) is 5.75 Å². The first-order valence-electron chi connectivity index (χ1n) is 7.46. The Bertz CT molecular complexity index is 908. The van der Waals surface area contributed by atoms with Crippen LogP contribution in [0.3, 0.4) is 0 Å². The summed E-state index contributed by atoms with van der Waals surface area (Å²) in [5.41, 5.74) is 4.77. The molecule has 0 spiro atoms. The van der Waals surface area contributed by atoms with Gasteiger partial charge in [0.2, 0.25) is 0 Å². The third-order valence-electron chi connectivity index (χ3n) is 3.39. The van der Waals surface area contributed by atoms with Crippen molar-refractivity contribution < 1.29 is 9.90 Å². The Kier molecular flexibility index (Phi) is 5.40. The fourth-order valence-electron chi connectivity index (χ4n) is 2.09. The molecule has 128 valence electrons. The number of rotatable bonds is 5. The number of thioether (sulfide) groups is 1. The number of amides is 1. The molecule has 0 aliphatic rings. The average molecular weight is 419 g/mol. The molecule has 0 saturated carbocycles. The monoisotopic (exact) mass is 418 g/mol. The van der Waals surface area contributed by atoms with Crippen LogP contribution >= 0.6 is 27.7 Å². The lowest BCUT2D eigenvalue weighted by atomic mass is 10.2. The van der Waals surface area contributed by atoms with Gasteiger partial charge < -0.3 is 10.1 Å². The first kappa shape index (κ1) is 17.5. The zero-order chi connectivity index (χ0) is 17.8. The topological polar surface area (TPSA) is 90.4 Å². The van der Waals surface area contributed by atoms with Crippen molar-refractivity contribution in [3.05, 3.63) is 52.5 Å². The van der Waals surface area contributed by atoms with Gasteiger partial charge in [0, 0.05) is 10.0 Å². The number of aromatic nitrogens is 2. The second kappa shape index (κ2) is 7.71. The maximum Gasteiger partial charge on any atom is 0.253 e. The van der Waals surface area contributed by atoms with Crippen LogP contribution in [0, 0.1) is 0 Å². The van der Waals surface area contributed by atoms with Gasteiger partial charge >= 0.3 is 0 Å². The maximum absolute atomic E-state index is 12.1. The number of aromatic amines is 1. The highest BCUT2D eigenvalue weighted by Gasteiger charge is 2.16. The molecule has 1 amide bonds. The van der Waals surface area contributed by atoms with Crippen LogP contribution < -0.4 is 5.43 Å². The SMILES string of the molecule is C[C@@H](Sc1nc2ccccc2[nH]1)C(=O)N/N=C\c1cc(Br)ccc1O. The van der Waals surface area contributed by atoms with E-state index in [0.29, 0.717) is 10.7 Å². The molecule has 0 aliphatic heterocycles. The summed E-state index contributed by atoms with van der Waals surface area (Å²) in [6, 6.07) is 12.7. The Balaban J connectivity index is 1.60. The van der Waals surface area contributed by atoms with E-state index in [1.165, 1.54) is 18.0 Å². The van der Waals surface area contributed by atoms with Gasteiger partial charge in [0.15, 0.2) is 5.16 Å². The van der Waals surface area contributed by atoms with Gasteiger partial charge in [-0.2, -0.15) is 5.10 Å². The highest BCUT2D eigenvalue weighted by molar-refractivity contribution is 9.10. The molecule has 6 nitrogen and oxygen atoms in total. The Labute approximate surface area is 156 Å². The zero-order valence-electron chi connectivity index (χ0n) is 13.2. The number of nitrogens with zero attached hydrogens (tertiary/aromatic N) is 2. The number of hydrogen-bond acceptors (Lipinski definition) is 5. The number of hydrazone groups is 1. The Morgan fingerprint density at radius 3 is 3.00 bits per heavy atom. The van der Waals surface area contributed by atoms with Crippen LogP contribution in [0.2, 0.25) is 0 Å². The first-order chi connectivity index (χ1) is 12.0. The summed E-state index contributed by atoms with van der Waals surface area (Å²) in [6.07, 6.45) is 1.40. The number of halogens is 1. The van der Waals surface area contributed by atoms with Crippen LogP contribution in [0.25, 0.3) is 11.0 Å². The summed E-state index contributed by atoms with van der Waals surface area (Å²) in [7, 11) is 0. The summed E-state index contributed by atoms with van der Waals surface area (Å²) in [5.74, 6) is -0.165. The highest BCUT2D eigenvalue weighted by Crippen LogP contribution is 2.23. The standard InChI is InChI=1S/C17H15BrN4O2S/c1-10(25-17-20-13-4-2-3-5-14(13)21-17)16(24)22-19-9-11-8-12(18)6-7-15(11)23/h2-10,23H,1H3,(H,20,21)(H,22,24)/b19-9-/t10-/m1/s1. The van der Waals surface area contributed by atoms with Crippen molar-refractivity contribution in [2.75, 3.05) is 0 Å². The maximum atomic E-state index is 12.1. The Hall–Kier alpha value is -2.32. The number of nitrogens with one attached hydrogen (secondary N) is 2. The van der Waals surface area contributed by atoms with Crippen molar-refractivity contribution in [3.63, 3.8) is 0 Å². The van der Waals surface area contributed by atoms with Crippen LogP contribution in [0.5, 0.6) is 5.75 Å². The van der Waals surface area contributed by atoms with Gasteiger partial charge in [-0.3, -0.25) is 4.79 Å². The van der Waals surface area contributed by atoms with Gasteiger partial charge in [0.1, 0.15) is 5.75 Å². The molecular weight excluding hydrogens is 404 g/mol. The summed E-state index contributed by atoms with van der Waals surface area (Å²) in [4.78, 5) is 19.8. The number of phenols is 1. The van der Waals surface area contributed by atoms with Gasteiger partial charge in [0.05, 0.1) is 22.5 Å². The molecule has 0 fully saturated rings. The minimum atomic E-state index is -0.381.